The first-order valence-corrected chi connectivity index (χ1v) is 7.17. The van der Waals surface area contributed by atoms with Crippen LogP contribution in [-0.4, -0.2) is 29.7 Å². The molecule has 2 nitrogen and oxygen atoms in total. The van der Waals surface area contributed by atoms with Gasteiger partial charge in [0, 0.05) is 17.1 Å². The van der Waals surface area contributed by atoms with E-state index < -0.39 is 0 Å². The molecule has 3 heteroatoms. The highest BCUT2D eigenvalue weighted by molar-refractivity contribution is 14.1. The Morgan fingerprint density at radius 1 is 1.50 bits per heavy atom. The Labute approximate surface area is 101 Å². The minimum absolute atomic E-state index is 0.532. The molecule has 0 amide bonds. The SMILES string of the molecule is CC(C)C(CI)NCCC1CCCO1. The number of rotatable bonds is 6. The van der Waals surface area contributed by atoms with Crippen molar-refractivity contribution in [3.05, 3.63) is 0 Å². The third kappa shape index (κ3) is 4.45. The molecule has 14 heavy (non-hydrogen) atoms. The number of nitrogens with one attached hydrogen (secondary N) is 1. The third-order valence-corrected chi connectivity index (χ3v) is 3.82. The molecule has 1 rings (SSSR count). The third-order valence-electron chi connectivity index (χ3n) is 2.87. The summed E-state index contributed by atoms with van der Waals surface area (Å²) in [5.74, 6) is 0.733. The molecular formula is C11H22INO. The first-order valence-electron chi connectivity index (χ1n) is 5.65. The molecule has 1 aliphatic heterocycles. The van der Waals surface area contributed by atoms with E-state index in [1.807, 2.05) is 0 Å². The lowest BCUT2D eigenvalue weighted by Crippen LogP contribution is -2.36. The molecule has 0 aromatic rings. The zero-order valence-corrected chi connectivity index (χ0v) is 11.4. The summed E-state index contributed by atoms with van der Waals surface area (Å²) in [7, 11) is 0. The van der Waals surface area contributed by atoms with Gasteiger partial charge in [-0.15, -0.1) is 0 Å². The highest BCUT2D eigenvalue weighted by Gasteiger charge is 2.16. The van der Waals surface area contributed by atoms with Gasteiger partial charge < -0.3 is 10.1 Å². The zero-order chi connectivity index (χ0) is 10.4. The quantitative estimate of drug-likeness (QED) is 0.601. The monoisotopic (exact) mass is 311 g/mol. The Bertz CT molecular complexity index is 146. The number of alkyl halides is 1. The summed E-state index contributed by atoms with van der Waals surface area (Å²) in [5.41, 5.74) is 0. The largest absolute Gasteiger partial charge is 0.378 e. The van der Waals surface area contributed by atoms with E-state index in [0.29, 0.717) is 12.1 Å². The Morgan fingerprint density at radius 3 is 2.79 bits per heavy atom. The lowest BCUT2D eigenvalue weighted by molar-refractivity contribution is 0.103. The number of hydrogen-bond acceptors (Lipinski definition) is 2. The van der Waals surface area contributed by atoms with Gasteiger partial charge in [-0.25, -0.2) is 0 Å². The van der Waals surface area contributed by atoms with Gasteiger partial charge in [0.05, 0.1) is 6.10 Å². The molecule has 1 aliphatic rings. The van der Waals surface area contributed by atoms with Crippen LogP contribution < -0.4 is 5.32 Å². The maximum atomic E-state index is 5.59. The van der Waals surface area contributed by atoms with Crippen molar-refractivity contribution in [3.8, 4) is 0 Å². The molecule has 1 N–H and O–H groups in total. The molecular weight excluding hydrogens is 289 g/mol. The predicted molar refractivity (Wildman–Crippen MR) is 69.1 cm³/mol. The lowest BCUT2D eigenvalue weighted by atomic mass is 10.1. The van der Waals surface area contributed by atoms with Gasteiger partial charge in [0.25, 0.3) is 0 Å². The van der Waals surface area contributed by atoms with E-state index in [1.54, 1.807) is 0 Å². The summed E-state index contributed by atoms with van der Waals surface area (Å²) < 4.78 is 6.78. The second-order valence-corrected chi connectivity index (χ2v) is 5.26. The van der Waals surface area contributed by atoms with Crippen LogP contribution in [0.2, 0.25) is 0 Å². The Hall–Kier alpha value is 0.650. The van der Waals surface area contributed by atoms with Crippen LogP contribution in [0.25, 0.3) is 0 Å². The lowest BCUT2D eigenvalue weighted by Gasteiger charge is -2.20. The van der Waals surface area contributed by atoms with Crippen LogP contribution in [0.15, 0.2) is 0 Å². The van der Waals surface area contributed by atoms with Gasteiger partial charge in [-0.2, -0.15) is 0 Å². The second kappa shape index (κ2) is 7.01. The molecule has 0 aromatic carbocycles. The van der Waals surface area contributed by atoms with Crippen molar-refractivity contribution in [2.75, 3.05) is 17.6 Å². The van der Waals surface area contributed by atoms with E-state index in [2.05, 4.69) is 41.8 Å². The molecule has 0 radical (unpaired) electrons. The summed E-state index contributed by atoms with van der Waals surface area (Å²) in [6.07, 6.45) is 4.23. The molecule has 0 aromatic heterocycles. The molecule has 1 saturated heterocycles. The van der Waals surface area contributed by atoms with Crippen molar-refractivity contribution in [3.63, 3.8) is 0 Å². The van der Waals surface area contributed by atoms with Crippen LogP contribution in [0.3, 0.4) is 0 Å². The van der Waals surface area contributed by atoms with Crippen LogP contribution >= 0.6 is 22.6 Å². The van der Waals surface area contributed by atoms with Crippen molar-refractivity contribution < 1.29 is 4.74 Å². The van der Waals surface area contributed by atoms with Crippen LogP contribution in [0.1, 0.15) is 33.1 Å². The first-order chi connectivity index (χ1) is 6.74. The van der Waals surface area contributed by atoms with E-state index in [4.69, 9.17) is 4.74 Å². The fraction of sp³-hybridized carbons (Fsp3) is 1.00. The van der Waals surface area contributed by atoms with Gasteiger partial charge in [-0.05, 0) is 31.7 Å². The van der Waals surface area contributed by atoms with Gasteiger partial charge in [-0.3, -0.25) is 0 Å². The second-order valence-electron chi connectivity index (χ2n) is 4.38. The van der Waals surface area contributed by atoms with E-state index in [0.717, 1.165) is 19.1 Å². The molecule has 1 fully saturated rings. The van der Waals surface area contributed by atoms with Gasteiger partial charge >= 0.3 is 0 Å². The normalized spacial score (nSPS) is 24.4. The predicted octanol–water partition coefficient (Wildman–Crippen LogP) is 2.60. The Morgan fingerprint density at radius 2 is 2.29 bits per heavy atom. The van der Waals surface area contributed by atoms with Crippen LogP contribution in [0.5, 0.6) is 0 Å². The fourth-order valence-electron chi connectivity index (χ4n) is 1.77. The highest BCUT2D eigenvalue weighted by Crippen LogP contribution is 2.14. The van der Waals surface area contributed by atoms with Crippen molar-refractivity contribution in [2.24, 2.45) is 5.92 Å². The van der Waals surface area contributed by atoms with Crippen LogP contribution in [-0.2, 0) is 4.74 Å². The number of halogens is 1. The topological polar surface area (TPSA) is 21.3 Å². The molecule has 84 valence electrons. The standard InChI is InChI=1S/C11H22INO/c1-9(2)11(8-12)13-6-5-10-4-3-7-14-10/h9-11,13H,3-8H2,1-2H3. The molecule has 0 aliphatic carbocycles. The maximum Gasteiger partial charge on any atom is 0.0588 e. The summed E-state index contributed by atoms with van der Waals surface area (Å²) in [4.78, 5) is 0. The van der Waals surface area contributed by atoms with Crippen molar-refractivity contribution in [1.29, 1.82) is 0 Å². The molecule has 0 bridgehead atoms. The minimum Gasteiger partial charge on any atom is -0.378 e. The van der Waals surface area contributed by atoms with Crippen molar-refractivity contribution in [1.82, 2.24) is 5.32 Å². The average Bonchev–Trinajstić information content (AvgIpc) is 2.64. The number of hydrogen-bond donors (Lipinski definition) is 1. The molecule has 0 spiro atoms. The Kier molecular flexibility index (Phi) is 6.37. The number of ether oxygens (including phenoxy) is 1. The summed E-state index contributed by atoms with van der Waals surface area (Å²) in [6.45, 7) is 6.64. The minimum atomic E-state index is 0.532. The molecule has 2 atom stereocenters. The highest BCUT2D eigenvalue weighted by atomic mass is 127. The van der Waals surface area contributed by atoms with Crippen molar-refractivity contribution in [2.45, 2.75) is 45.3 Å². The first kappa shape index (κ1) is 12.7. The van der Waals surface area contributed by atoms with Gasteiger partial charge in [-0.1, -0.05) is 36.4 Å². The molecule has 2 unspecified atom stereocenters. The van der Waals surface area contributed by atoms with E-state index in [9.17, 15) is 0 Å². The van der Waals surface area contributed by atoms with Crippen LogP contribution in [0, 0.1) is 5.92 Å². The van der Waals surface area contributed by atoms with Gasteiger partial charge in [0.2, 0.25) is 0 Å². The van der Waals surface area contributed by atoms with Crippen molar-refractivity contribution >= 4 is 22.6 Å². The smallest absolute Gasteiger partial charge is 0.0588 e. The van der Waals surface area contributed by atoms with Gasteiger partial charge in [0.1, 0.15) is 0 Å². The van der Waals surface area contributed by atoms with E-state index >= 15 is 0 Å². The summed E-state index contributed by atoms with van der Waals surface area (Å²) >= 11 is 2.46. The molecule has 1 heterocycles. The summed E-state index contributed by atoms with van der Waals surface area (Å²) in [5, 5.41) is 3.61. The Balaban J connectivity index is 2.06. The van der Waals surface area contributed by atoms with Crippen LogP contribution in [0.4, 0.5) is 0 Å². The molecule has 0 saturated carbocycles. The maximum absolute atomic E-state index is 5.59. The summed E-state index contributed by atoms with van der Waals surface area (Å²) in [6, 6.07) is 0.664. The average molecular weight is 311 g/mol. The van der Waals surface area contributed by atoms with Gasteiger partial charge in [0.15, 0.2) is 0 Å². The van der Waals surface area contributed by atoms with E-state index in [-0.39, 0.29) is 0 Å². The fourth-order valence-corrected chi connectivity index (χ4v) is 3.10. The van der Waals surface area contributed by atoms with E-state index in [1.165, 1.54) is 23.7 Å². The zero-order valence-electron chi connectivity index (χ0n) is 9.26.